The predicted molar refractivity (Wildman–Crippen MR) is 94.0 cm³/mol. The molecule has 1 aromatic carbocycles. The maximum absolute atomic E-state index is 5.91. The normalized spacial score (nSPS) is 10.8. The lowest BCUT2D eigenvalue weighted by Gasteiger charge is -2.10. The van der Waals surface area contributed by atoms with Crippen LogP contribution in [-0.2, 0) is 13.0 Å². The van der Waals surface area contributed by atoms with Crippen molar-refractivity contribution in [2.24, 2.45) is 0 Å². The molecule has 0 saturated carbocycles. The van der Waals surface area contributed by atoms with E-state index in [0.29, 0.717) is 5.95 Å². The van der Waals surface area contributed by atoms with Crippen molar-refractivity contribution < 1.29 is 0 Å². The number of nitrogen functional groups attached to an aromatic ring is 1. The summed E-state index contributed by atoms with van der Waals surface area (Å²) in [5.41, 5.74) is 10.1. The molecule has 4 nitrogen and oxygen atoms in total. The second kappa shape index (κ2) is 7.09. The first kappa shape index (κ1) is 15.3. The van der Waals surface area contributed by atoms with E-state index in [-0.39, 0.29) is 0 Å². The average Bonchev–Trinajstić information content (AvgIpc) is 3.01. The number of hydrogen-bond donors (Lipinski definition) is 1. The zero-order valence-corrected chi connectivity index (χ0v) is 13.4. The number of nitrogens with two attached hydrogens (primary N) is 1. The molecule has 2 aromatic heterocycles. The van der Waals surface area contributed by atoms with E-state index in [1.165, 1.54) is 5.56 Å². The van der Waals surface area contributed by atoms with Crippen LogP contribution in [0.3, 0.4) is 0 Å². The fourth-order valence-electron chi connectivity index (χ4n) is 2.70. The number of rotatable bonds is 6. The summed E-state index contributed by atoms with van der Waals surface area (Å²) in [5.74, 6) is 0.348. The maximum atomic E-state index is 5.91. The van der Waals surface area contributed by atoms with Crippen molar-refractivity contribution in [3.05, 3.63) is 66.0 Å². The third-order valence-corrected chi connectivity index (χ3v) is 3.87. The van der Waals surface area contributed by atoms with Gasteiger partial charge in [0, 0.05) is 18.4 Å². The second-order valence-electron chi connectivity index (χ2n) is 5.71. The van der Waals surface area contributed by atoms with Gasteiger partial charge in [0.25, 0.3) is 0 Å². The lowest BCUT2D eigenvalue weighted by molar-refractivity contribution is 0.773. The van der Waals surface area contributed by atoms with Gasteiger partial charge in [0.2, 0.25) is 5.95 Å². The van der Waals surface area contributed by atoms with Crippen molar-refractivity contribution in [1.82, 2.24) is 14.5 Å². The average molecular weight is 306 g/mol. The van der Waals surface area contributed by atoms with Gasteiger partial charge in [0.1, 0.15) is 0 Å². The lowest BCUT2D eigenvalue weighted by atomic mass is 10.1. The Hall–Kier alpha value is -2.62. The number of anilines is 1. The molecule has 0 amide bonds. The quantitative estimate of drug-likeness (QED) is 0.751. The highest BCUT2D eigenvalue weighted by atomic mass is 15.0. The van der Waals surface area contributed by atoms with Crippen LogP contribution in [0.15, 0.2) is 54.7 Å². The summed E-state index contributed by atoms with van der Waals surface area (Å²) >= 11 is 0. The third-order valence-electron chi connectivity index (χ3n) is 3.87. The molecule has 0 radical (unpaired) electrons. The first-order valence-corrected chi connectivity index (χ1v) is 8.09. The number of aryl methyl sites for hydroxylation is 1. The summed E-state index contributed by atoms with van der Waals surface area (Å²) in [6.45, 7) is 2.99. The summed E-state index contributed by atoms with van der Waals surface area (Å²) in [4.78, 5) is 8.78. The van der Waals surface area contributed by atoms with Gasteiger partial charge in [-0.1, -0.05) is 43.7 Å². The molecule has 23 heavy (non-hydrogen) atoms. The van der Waals surface area contributed by atoms with Crippen molar-refractivity contribution in [2.75, 3.05) is 5.73 Å². The van der Waals surface area contributed by atoms with E-state index < -0.39 is 0 Å². The van der Waals surface area contributed by atoms with E-state index in [1.54, 1.807) is 0 Å². The summed E-state index contributed by atoms with van der Waals surface area (Å²) in [6.07, 6.45) is 5.27. The SMILES string of the molecule is CCCCc1cc(-c2cccn2Cc2ccccc2)nc(N)n1. The van der Waals surface area contributed by atoms with Crippen LogP contribution in [-0.4, -0.2) is 14.5 Å². The smallest absolute Gasteiger partial charge is 0.220 e. The molecule has 0 aliphatic carbocycles. The molecule has 0 spiro atoms. The Labute approximate surface area is 137 Å². The van der Waals surface area contributed by atoms with Crippen LogP contribution < -0.4 is 5.73 Å². The van der Waals surface area contributed by atoms with E-state index in [1.807, 2.05) is 12.1 Å². The Morgan fingerprint density at radius 2 is 1.87 bits per heavy atom. The Kier molecular flexibility index (Phi) is 4.71. The highest BCUT2D eigenvalue weighted by Crippen LogP contribution is 2.21. The van der Waals surface area contributed by atoms with Crippen LogP contribution >= 0.6 is 0 Å². The molecule has 3 aromatic rings. The number of aromatic nitrogens is 3. The van der Waals surface area contributed by atoms with Gasteiger partial charge in [-0.25, -0.2) is 9.97 Å². The van der Waals surface area contributed by atoms with E-state index >= 15 is 0 Å². The standard InChI is InChI=1S/C19H22N4/c1-2-3-10-16-13-17(22-19(20)21-16)18-11-7-12-23(18)14-15-8-5-4-6-9-15/h4-9,11-13H,2-3,10,14H2,1H3,(H2,20,21,22). The molecule has 0 aliphatic rings. The Bertz CT molecular complexity index is 762. The van der Waals surface area contributed by atoms with Gasteiger partial charge < -0.3 is 10.3 Å². The van der Waals surface area contributed by atoms with Crippen LogP contribution in [0.4, 0.5) is 5.95 Å². The number of hydrogen-bond acceptors (Lipinski definition) is 3. The van der Waals surface area contributed by atoms with Crippen LogP contribution in [0.2, 0.25) is 0 Å². The number of unbranched alkanes of at least 4 members (excludes halogenated alkanes) is 1. The van der Waals surface area contributed by atoms with Crippen molar-refractivity contribution in [3.63, 3.8) is 0 Å². The lowest BCUT2D eigenvalue weighted by Crippen LogP contribution is -2.05. The summed E-state index contributed by atoms with van der Waals surface area (Å²) in [5, 5.41) is 0. The van der Waals surface area contributed by atoms with E-state index in [0.717, 1.165) is 42.9 Å². The molecule has 118 valence electrons. The summed E-state index contributed by atoms with van der Waals surface area (Å²) in [7, 11) is 0. The van der Waals surface area contributed by atoms with Crippen molar-refractivity contribution in [3.8, 4) is 11.4 Å². The number of benzene rings is 1. The minimum atomic E-state index is 0.348. The molecule has 3 rings (SSSR count). The Morgan fingerprint density at radius 3 is 2.65 bits per heavy atom. The predicted octanol–water partition coefficient (Wildman–Crippen LogP) is 3.92. The molecule has 2 heterocycles. The Morgan fingerprint density at radius 1 is 1.04 bits per heavy atom. The third kappa shape index (κ3) is 3.77. The topological polar surface area (TPSA) is 56.7 Å². The monoisotopic (exact) mass is 306 g/mol. The largest absolute Gasteiger partial charge is 0.368 e. The van der Waals surface area contributed by atoms with Gasteiger partial charge in [-0.15, -0.1) is 0 Å². The molecule has 2 N–H and O–H groups in total. The minimum Gasteiger partial charge on any atom is -0.368 e. The fraction of sp³-hybridized carbons (Fsp3) is 0.263. The van der Waals surface area contributed by atoms with E-state index in [9.17, 15) is 0 Å². The van der Waals surface area contributed by atoms with Crippen molar-refractivity contribution in [2.45, 2.75) is 32.7 Å². The van der Waals surface area contributed by atoms with Crippen molar-refractivity contribution in [1.29, 1.82) is 0 Å². The first-order valence-electron chi connectivity index (χ1n) is 8.09. The van der Waals surface area contributed by atoms with Gasteiger partial charge in [0.15, 0.2) is 0 Å². The van der Waals surface area contributed by atoms with E-state index in [4.69, 9.17) is 5.73 Å². The fourth-order valence-corrected chi connectivity index (χ4v) is 2.70. The van der Waals surface area contributed by atoms with Crippen LogP contribution in [0.1, 0.15) is 31.0 Å². The minimum absolute atomic E-state index is 0.348. The van der Waals surface area contributed by atoms with Gasteiger partial charge in [-0.2, -0.15) is 0 Å². The van der Waals surface area contributed by atoms with Crippen LogP contribution in [0.5, 0.6) is 0 Å². The van der Waals surface area contributed by atoms with Gasteiger partial charge in [-0.3, -0.25) is 0 Å². The molecule has 0 atom stereocenters. The Balaban J connectivity index is 1.90. The molecular formula is C19H22N4. The molecule has 4 heteroatoms. The summed E-state index contributed by atoms with van der Waals surface area (Å²) in [6, 6.07) is 16.6. The molecular weight excluding hydrogens is 284 g/mol. The van der Waals surface area contributed by atoms with Gasteiger partial charge in [-0.05, 0) is 36.6 Å². The highest BCUT2D eigenvalue weighted by molar-refractivity contribution is 5.57. The van der Waals surface area contributed by atoms with Crippen LogP contribution in [0, 0.1) is 0 Å². The molecule has 0 unspecified atom stereocenters. The number of nitrogens with zero attached hydrogens (tertiary/aromatic N) is 3. The summed E-state index contributed by atoms with van der Waals surface area (Å²) < 4.78 is 2.20. The highest BCUT2D eigenvalue weighted by Gasteiger charge is 2.09. The second-order valence-corrected chi connectivity index (χ2v) is 5.71. The van der Waals surface area contributed by atoms with Crippen molar-refractivity contribution >= 4 is 5.95 Å². The zero-order valence-electron chi connectivity index (χ0n) is 13.4. The molecule has 0 fully saturated rings. The van der Waals surface area contributed by atoms with Gasteiger partial charge in [0.05, 0.1) is 11.4 Å². The van der Waals surface area contributed by atoms with Gasteiger partial charge >= 0.3 is 0 Å². The molecule has 0 saturated heterocycles. The van der Waals surface area contributed by atoms with E-state index in [2.05, 4.69) is 64.1 Å². The zero-order chi connectivity index (χ0) is 16.1. The molecule has 0 bridgehead atoms. The van der Waals surface area contributed by atoms with Crippen LogP contribution in [0.25, 0.3) is 11.4 Å². The first-order chi connectivity index (χ1) is 11.3. The molecule has 0 aliphatic heterocycles. The maximum Gasteiger partial charge on any atom is 0.220 e.